The van der Waals surface area contributed by atoms with Crippen LogP contribution in [0.5, 0.6) is 0 Å². The Morgan fingerprint density at radius 3 is 0.508 bits per heavy atom. The Bertz CT molecular complexity index is 1830. The van der Waals surface area contributed by atoms with Crippen LogP contribution in [0, 0.1) is 12.3 Å². The maximum Gasteiger partial charge on any atom is 0.00405 e. The van der Waals surface area contributed by atoms with Gasteiger partial charge in [-0.3, -0.25) is 0 Å². The van der Waals surface area contributed by atoms with E-state index in [1.165, 1.54) is 54.2 Å². The van der Waals surface area contributed by atoms with Crippen LogP contribution < -0.4 is 42.4 Å². The van der Waals surface area contributed by atoms with E-state index in [4.69, 9.17) is 6.42 Å². The number of halogens is 1. The monoisotopic (exact) mass is 944 g/mol. The Hall–Kier alpha value is -4.05. The van der Waals surface area contributed by atoms with Crippen molar-refractivity contribution in [3.63, 3.8) is 0 Å². The van der Waals surface area contributed by atoms with Gasteiger partial charge in [0.2, 0.25) is 0 Å². The number of rotatable bonds is 12. The van der Waals surface area contributed by atoms with Crippen molar-refractivity contribution in [3.8, 4) is 5.92 Å². The Kier molecular flexibility index (Phi) is 21.0. The first-order valence-electron chi connectivity index (χ1n) is 19.2. The van der Waals surface area contributed by atoms with Crippen molar-refractivity contribution in [1.82, 2.24) is 0 Å². The predicted molar refractivity (Wildman–Crippen MR) is 265 cm³/mol. The fraction of sp³-hybridized carbons (Fsp3) is 0.0566. The molecule has 6 heteroatoms. The van der Waals surface area contributed by atoms with E-state index < -0.39 is 31.7 Å². The van der Waals surface area contributed by atoms with E-state index in [-0.39, 0.29) is 0 Å². The average molecular weight is 944 g/mol. The first kappa shape index (κ1) is 46.0. The van der Waals surface area contributed by atoms with Gasteiger partial charge in [-0.05, 0) is 81.0 Å². The van der Waals surface area contributed by atoms with Crippen molar-refractivity contribution in [1.29, 1.82) is 0 Å². The Labute approximate surface area is 372 Å². The fourth-order valence-electron chi connectivity index (χ4n) is 6.40. The third kappa shape index (κ3) is 14.6. The molecule has 59 heavy (non-hydrogen) atoms. The molecule has 0 amide bonds. The van der Waals surface area contributed by atoms with Crippen LogP contribution in [-0.4, -0.2) is 11.8 Å². The summed E-state index contributed by atoms with van der Waals surface area (Å²) in [4.78, 5) is 0. The Morgan fingerprint density at radius 1 is 0.305 bits per heavy atom. The van der Waals surface area contributed by atoms with Crippen LogP contribution in [0.3, 0.4) is 0 Å². The van der Waals surface area contributed by atoms with Crippen LogP contribution in [0.2, 0.25) is 0 Å². The van der Waals surface area contributed by atoms with Crippen molar-refractivity contribution in [2.24, 2.45) is 0 Å². The molecule has 0 spiro atoms. The fourth-order valence-corrected chi connectivity index (χ4v) is 19.3. The van der Waals surface area contributed by atoms with Gasteiger partial charge in [-0.15, -0.1) is 0 Å². The largest absolute Gasteiger partial charge is 0.0622 e. The van der Waals surface area contributed by atoms with E-state index in [1.54, 1.807) is 6.92 Å². The third-order valence-electron chi connectivity index (χ3n) is 9.11. The molecule has 0 saturated heterocycles. The topological polar surface area (TPSA) is 0 Å². The van der Waals surface area contributed by atoms with Crippen LogP contribution in [0.25, 0.3) is 0 Å². The summed E-state index contributed by atoms with van der Waals surface area (Å²) in [6.45, 7) is 1.54. The van der Waals surface area contributed by atoms with E-state index in [0.717, 1.165) is 0 Å². The molecule has 0 heterocycles. The molecule has 294 valence electrons. The van der Waals surface area contributed by atoms with Gasteiger partial charge in [-0.1, -0.05) is 243 Å². The summed E-state index contributed by atoms with van der Waals surface area (Å²) in [5.41, 5.74) is 0. The third-order valence-corrected chi connectivity index (χ3v) is 21.0. The van der Waals surface area contributed by atoms with Crippen molar-refractivity contribution >= 4 is 83.8 Å². The number of hydrogen-bond donors (Lipinski definition) is 0. The predicted octanol–water partition coefficient (Wildman–Crippen LogP) is 11.7. The summed E-state index contributed by atoms with van der Waals surface area (Å²) in [6, 6.07) is 88.3. The van der Waals surface area contributed by atoms with Gasteiger partial charge in [-0.25, -0.2) is 0 Å². The molecule has 0 aromatic heterocycles. The second-order valence-electron chi connectivity index (χ2n) is 12.9. The molecule has 8 aromatic rings. The van der Waals surface area contributed by atoms with Gasteiger partial charge in [0.15, 0.2) is 0 Å². The minimum atomic E-state index is -0.409. The number of benzene rings is 8. The van der Waals surface area contributed by atoms with Gasteiger partial charge in [0.1, 0.15) is 0 Å². The summed E-state index contributed by atoms with van der Waals surface area (Å²) < 4.78 is 0. The molecule has 0 N–H and O–H groups in total. The SMILES string of the molecule is [C-]#CC.[Cl][Ru+].c1ccc(P(CP(c2ccccc2)c2ccccc2)c2ccccc2)cc1.c1ccc(P(CP(c2ccccc2)c2ccccc2)c2ccccc2)cc1. The van der Waals surface area contributed by atoms with E-state index in [9.17, 15) is 0 Å². The molecule has 0 fully saturated rings. The molecular formula is C53H47ClP4Ru. The van der Waals surface area contributed by atoms with Crippen LogP contribution >= 0.6 is 41.4 Å². The van der Waals surface area contributed by atoms with Gasteiger partial charge < -0.3 is 12.3 Å². The number of hydrogen-bond acceptors (Lipinski definition) is 0. The van der Waals surface area contributed by atoms with Crippen molar-refractivity contribution in [3.05, 3.63) is 249 Å². The van der Waals surface area contributed by atoms with E-state index in [2.05, 4.69) is 252 Å². The normalized spacial score (nSPS) is 10.3. The van der Waals surface area contributed by atoms with Gasteiger partial charge in [0.05, 0.1) is 0 Å². The smallest absolute Gasteiger partial charge is 0.00405 e. The van der Waals surface area contributed by atoms with Crippen LogP contribution in [0.4, 0.5) is 0 Å². The summed E-state index contributed by atoms with van der Waals surface area (Å²) in [5.74, 6) is 4.35. The maximum atomic E-state index is 5.96. The van der Waals surface area contributed by atoms with Crippen LogP contribution in [0.15, 0.2) is 243 Å². The molecule has 8 aromatic carbocycles. The van der Waals surface area contributed by atoms with Crippen LogP contribution in [-0.2, 0) is 17.3 Å². The molecule has 0 atom stereocenters. The molecular weight excluding hydrogens is 897 g/mol. The second-order valence-corrected chi connectivity index (χ2v) is 22.7. The Balaban J connectivity index is 0.000000202. The van der Waals surface area contributed by atoms with Crippen molar-refractivity contribution in [2.75, 3.05) is 11.8 Å². The molecule has 0 radical (unpaired) electrons. The van der Waals surface area contributed by atoms with E-state index in [0.29, 0.717) is 0 Å². The van der Waals surface area contributed by atoms with Crippen molar-refractivity contribution < 1.29 is 17.3 Å². The van der Waals surface area contributed by atoms with Crippen LogP contribution in [0.1, 0.15) is 6.92 Å². The Morgan fingerprint density at radius 2 is 0.407 bits per heavy atom. The first-order chi connectivity index (χ1) is 29.2. The zero-order chi connectivity index (χ0) is 41.3. The van der Waals surface area contributed by atoms with Gasteiger partial charge >= 0.3 is 27.0 Å². The molecule has 8 rings (SSSR count). The molecule has 0 aliphatic heterocycles. The summed E-state index contributed by atoms with van der Waals surface area (Å²) in [7, 11) is 2.93. The summed E-state index contributed by atoms with van der Waals surface area (Å²) in [6.07, 6.45) is 5.96. The second kappa shape index (κ2) is 26.9. The molecule has 0 bridgehead atoms. The van der Waals surface area contributed by atoms with Crippen molar-refractivity contribution in [2.45, 2.75) is 6.92 Å². The zero-order valence-electron chi connectivity index (χ0n) is 33.0. The summed E-state index contributed by atoms with van der Waals surface area (Å²) in [5, 5.41) is 11.7. The van der Waals surface area contributed by atoms with Gasteiger partial charge in [0, 0.05) is 11.8 Å². The van der Waals surface area contributed by atoms with E-state index in [1.807, 2.05) is 23.2 Å². The van der Waals surface area contributed by atoms with Gasteiger partial charge in [-0.2, -0.15) is 0 Å². The standard InChI is InChI=1S/2C25H22P2.C3H3.ClH.Ru/c2*1-5-13-22(14-6-1)26(23-15-7-2-8-16-23)21-27(24-17-9-3-10-18-24)25-19-11-4-12-20-25;1-3-2;;/h2*1-20H,21H2;1H3;1H;/q;;-1;;+2/p-1. The quantitative estimate of drug-likeness (QED) is 0.0496. The average Bonchev–Trinajstić information content (AvgIpc) is 3.33. The molecule has 0 aliphatic carbocycles. The molecule has 0 aliphatic rings. The summed E-state index contributed by atoms with van der Waals surface area (Å²) >= 11 is 1.82. The van der Waals surface area contributed by atoms with E-state index >= 15 is 0 Å². The minimum Gasteiger partial charge on any atom is -0.0622 e. The molecule has 0 nitrogen and oxygen atoms in total. The zero-order valence-corrected chi connectivity index (χ0v) is 39.1. The molecule has 0 unspecified atom stereocenters. The molecule has 0 saturated carbocycles. The first-order valence-corrected chi connectivity index (χ1v) is 27.6. The maximum absolute atomic E-state index is 5.96. The minimum absolute atomic E-state index is 0.409. The van der Waals surface area contributed by atoms with Gasteiger partial charge in [0.25, 0.3) is 0 Å².